The molecule has 9 nitrogen and oxygen atoms in total. The van der Waals surface area contributed by atoms with Gasteiger partial charge in [0.25, 0.3) is 5.69 Å². The van der Waals surface area contributed by atoms with E-state index < -0.39 is 51.8 Å². The Kier molecular flexibility index (Phi) is 4.73. The van der Waals surface area contributed by atoms with Gasteiger partial charge in [0.05, 0.1) is 28.6 Å². The molecule has 3 aliphatic rings. The number of non-ortho nitro benzene ring substituents is 1. The van der Waals surface area contributed by atoms with Crippen molar-refractivity contribution in [3.8, 4) is 0 Å². The van der Waals surface area contributed by atoms with E-state index >= 15 is 0 Å². The molecule has 0 N–H and O–H groups in total. The maximum Gasteiger partial charge on any atom is 0.271 e. The lowest BCUT2D eigenvalue weighted by Crippen LogP contribution is -2.51. The van der Waals surface area contributed by atoms with Gasteiger partial charge < -0.3 is 4.74 Å². The second-order valence-corrected chi connectivity index (χ2v) is 9.26. The van der Waals surface area contributed by atoms with Crippen LogP contribution in [-0.4, -0.2) is 33.9 Å². The summed E-state index contributed by atoms with van der Waals surface area (Å²) in [4.78, 5) is 66.5. The molecule has 2 aliphatic heterocycles. The first-order valence-corrected chi connectivity index (χ1v) is 11.4. The Bertz CT molecular complexity index is 1480. The third-order valence-corrected chi connectivity index (χ3v) is 7.27. The topological polar surface area (TPSA) is 124 Å². The van der Waals surface area contributed by atoms with Crippen LogP contribution in [0.5, 0.6) is 0 Å². The number of fused-ring (bicyclic) bond motifs is 3. The molecule has 3 unspecified atom stereocenters. The normalized spacial score (nSPS) is 23.9. The molecule has 3 atom stereocenters. The van der Waals surface area contributed by atoms with Gasteiger partial charge in [-0.1, -0.05) is 54.1 Å². The van der Waals surface area contributed by atoms with Gasteiger partial charge in [0.2, 0.25) is 29.0 Å². The maximum absolute atomic E-state index is 13.8. The Hall–Kier alpha value is -4.21. The number of nitro groups is 1. The number of carbonyl (C=O) groups excluding carboxylic acids is 4. The molecule has 2 saturated heterocycles. The third-order valence-electron chi connectivity index (χ3n) is 7.02. The Labute approximate surface area is 208 Å². The van der Waals surface area contributed by atoms with Gasteiger partial charge in [0, 0.05) is 28.3 Å². The highest BCUT2D eigenvalue weighted by Gasteiger charge is 2.74. The highest BCUT2D eigenvalue weighted by atomic mass is 35.5. The molecule has 1 spiro atoms. The van der Waals surface area contributed by atoms with Gasteiger partial charge in [0.1, 0.15) is 0 Å². The number of nitrogens with zero attached hydrogens (tertiary/aromatic N) is 2. The Balaban J connectivity index is 1.54. The zero-order chi connectivity index (χ0) is 25.4. The monoisotopic (exact) mass is 502 g/mol. The maximum atomic E-state index is 13.8. The summed E-state index contributed by atoms with van der Waals surface area (Å²) < 4.78 is 6.18. The summed E-state index contributed by atoms with van der Waals surface area (Å²) in [6.45, 7) is 0. The van der Waals surface area contributed by atoms with Crippen molar-refractivity contribution in [2.24, 2.45) is 11.8 Å². The summed E-state index contributed by atoms with van der Waals surface area (Å²) in [6.07, 6.45) is -1.10. The number of carbonyl (C=O) groups is 4. The summed E-state index contributed by atoms with van der Waals surface area (Å²) in [5.41, 5.74) is -1.86. The number of Topliss-reactive ketones (excluding diaryl/α,β-unsaturated/α-hetero) is 2. The van der Waals surface area contributed by atoms with Crippen molar-refractivity contribution in [3.05, 3.63) is 105 Å². The summed E-state index contributed by atoms with van der Waals surface area (Å²) in [5.74, 6) is -5.55. The minimum absolute atomic E-state index is 0.0194. The van der Waals surface area contributed by atoms with Gasteiger partial charge in [-0.15, -0.1) is 0 Å². The molecule has 178 valence electrons. The first-order chi connectivity index (χ1) is 17.3. The van der Waals surface area contributed by atoms with E-state index in [1.807, 2.05) is 0 Å². The van der Waals surface area contributed by atoms with Crippen LogP contribution in [-0.2, 0) is 14.3 Å². The minimum atomic E-state index is -2.22. The van der Waals surface area contributed by atoms with Crippen LogP contribution in [0.2, 0.25) is 5.02 Å². The van der Waals surface area contributed by atoms with Crippen LogP contribution in [0.25, 0.3) is 0 Å². The van der Waals surface area contributed by atoms with Crippen LogP contribution in [0, 0.1) is 22.0 Å². The van der Waals surface area contributed by atoms with Crippen molar-refractivity contribution in [1.82, 2.24) is 0 Å². The van der Waals surface area contributed by atoms with E-state index in [1.54, 1.807) is 36.4 Å². The molecule has 36 heavy (non-hydrogen) atoms. The van der Waals surface area contributed by atoms with Crippen LogP contribution >= 0.6 is 11.6 Å². The number of halogens is 1. The first-order valence-electron chi connectivity index (χ1n) is 11.0. The summed E-state index contributed by atoms with van der Waals surface area (Å²) in [6, 6.07) is 17.6. The fourth-order valence-corrected chi connectivity index (χ4v) is 5.60. The number of benzene rings is 3. The van der Waals surface area contributed by atoms with Gasteiger partial charge >= 0.3 is 0 Å². The number of anilines is 1. The van der Waals surface area contributed by atoms with Gasteiger partial charge in [-0.05, 0) is 23.8 Å². The minimum Gasteiger partial charge on any atom is -0.349 e. The quantitative estimate of drug-likeness (QED) is 0.230. The zero-order valence-corrected chi connectivity index (χ0v) is 19.0. The molecule has 10 heteroatoms. The molecule has 3 aromatic rings. The molecule has 1 aliphatic carbocycles. The average Bonchev–Trinajstić information content (AvgIpc) is 3.44. The number of rotatable bonds is 3. The predicted molar refractivity (Wildman–Crippen MR) is 126 cm³/mol. The number of amides is 2. The lowest BCUT2D eigenvalue weighted by molar-refractivity contribution is -0.384. The smallest absolute Gasteiger partial charge is 0.271 e. The van der Waals surface area contributed by atoms with E-state index in [0.29, 0.717) is 10.6 Å². The highest BCUT2D eigenvalue weighted by molar-refractivity contribution is 6.37. The van der Waals surface area contributed by atoms with Crippen molar-refractivity contribution in [1.29, 1.82) is 0 Å². The van der Waals surface area contributed by atoms with Crippen molar-refractivity contribution >= 4 is 46.4 Å². The van der Waals surface area contributed by atoms with Crippen molar-refractivity contribution in [2.45, 2.75) is 11.7 Å². The van der Waals surface area contributed by atoms with Crippen molar-refractivity contribution < 1.29 is 28.8 Å². The lowest BCUT2D eigenvalue weighted by atomic mass is 9.77. The summed E-state index contributed by atoms with van der Waals surface area (Å²) >= 11 is 6.02. The summed E-state index contributed by atoms with van der Waals surface area (Å²) in [7, 11) is 0. The van der Waals surface area contributed by atoms with Crippen LogP contribution in [0.1, 0.15) is 32.4 Å². The molecule has 2 heterocycles. The molecule has 3 aromatic carbocycles. The van der Waals surface area contributed by atoms with Gasteiger partial charge in [0.15, 0.2) is 0 Å². The lowest BCUT2D eigenvalue weighted by Gasteiger charge is -2.27. The van der Waals surface area contributed by atoms with E-state index in [2.05, 4.69) is 0 Å². The molecule has 0 aromatic heterocycles. The second kappa shape index (κ2) is 7.64. The van der Waals surface area contributed by atoms with E-state index in [9.17, 15) is 29.3 Å². The highest BCUT2D eigenvalue weighted by Crippen LogP contribution is 2.57. The Morgan fingerprint density at radius 1 is 0.861 bits per heavy atom. The molecule has 0 bridgehead atoms. The number of ether oxygens (including phenoxy) is 1. The zero-order valence-electron chi connectivity index (χ0n) is 18.3. The summed E-state index contributed by atoms with van der Waals surface area (Å²) in [5, 5.41) is 11.7. The van der Waals surface area contributed by atoms with Crippen LogP contribution in [0.15, 0.2) is 72.8 Å². The average molecular weight is 503 g/mol. The van der Waals surface area contributed by atoms with E-state index in [0.717, 1.165) is 11.0 Å². The fraction of sp³-hybridized carbons (Fsp3) is 0.154. The Morgan fingerprint density at radius 3 is 2.11 bits per heavy atom. The molecule has 0 radical (unpaired) electrons. The standard InChI is InChI=1S/C26H15ClN2O7/c27-14-10-8-13(9-11-14)21-19-20(26(36-21)22(30)17-6-1-2-7-18(17)23(26)31)25(33)28(24(19)32)15-4-3-5-16(12-15)29(34)35/h1-12,19-21H. The number of imide groups is 1. The molecule has 2 amide bonds. The van der Waals surface area contributed by atoms with Crippen molar-refractivity contribution in [3.63, 3.8) is 0 Å². The molecule has 0 saturated carbocycles. The number of hydrogen-bond acceptors (Lipinski definition) is 7. The Morgan fingerprint density at radius 2 is 1.50 bits per heavy atom. The van der Waals surface area contributed by atoms with Crippen LogP contribution in [0.4, 0.5) is 11.4 Å². The third kappa shape index (κ3) is 2.81. The fourth-order valence-electron chi connectivity index (χ4n) is 5.47. The van der Waals surface area contributed by atoms with Crippen LogP contribution < -0.4 is 4.90 Å². The van der Waals surface area contributed by atoms with Crippen LogP contribution in [0.3, 0.4) is 0 Å². The molecular weight excluding hydrogens is 488 g/mol. The molecule has 2 fully saturated rings. The largest absolute Gasteiger partial charge is 0.349 e. The second-order valence-electron chi connectivity index (χ2n) is 8.82. The number of nitro benzene ring substituents is 1. The van der Waals surface area contributed by atoms with Gasteiger partial charge in [-0.3, -0.25) is 29.3 Å². The van der Waals surface area contributed by atoms with E-state index in [-0.39, 0.29) is 22.5 Å². The molecule has 6 rings (SSSR count). The number of ketones is 2. The molecular formula is C26H15ClN2O7. The van der Waals surface area contributed by atoms with E-state index in [1.165, 1.54) is 30.3 Å². The van der Waals surface area contributed by atoms with Gasteiger partial charge in [-0.25, -0.2) is 4.90 Å². The SMILES string of the molecule is O=C1C2C(c3ccc(Cl)cc3)OC3(C(=O)c4ccccc4C3=O)C2C(=O)N1c1cccc([N+](=O)[O-])c1. The predicted octanol–water partition coefficient (Wildman–Crippen LogP) is 3.94. The number of hydrogen-bond donors (Lipinski definition) is 0. The first kappa shape index (κ1) is 22.3. The van der Waals surface area contributed by atoms with E-state index in [4.69, 9.17) is 16.3 Å². The van der Waals surface area contributed by atoms with Crippen molar-refractivity contribution in [2.75, 3.05) is 4.90 Å². The van der Waals surface area contributed by atoms with Gasteiger partial charge in [-0.2, -0.15) is 0 Å².